The molecule has 0 aliphatic heterocycles. The molecule has 1 atom stereocenters. The van der Waals surface area contributed by atoms with Crippen LogP contribution in [0.5, 0.6) is 0 Å². The molecule has 2 rings (SSSR count). The lowest BCUT2D eigenvalue weighted by Crippen LogP contribution is -2.23. The number of nitrogens with one attached hydrogen (secondary N) is 1. The molecule has 0 amide bonds. The van der Waals surface area contributed by atoms with Crippen molar-refractivity contribution in [3.8, 4) is 0 Å². The molecule has 0 aliphatic rings. The Kier molecular flexibility index (Phi) is 4.47. The molecule has 18 heavy (non-hydrogen) atoms. The van der Waals surface area contributed by atoms with E-state index in [2.05, 4.69) is 42.9 Å². The lowest BCUT2D eigenvalue weighted by atomic mass is 10.1. The van der Waals surface area contributed by atoms with E-state index in [1.807, 2.05) is 24.9 Å². The van der Waals surface area contributed by atoms with Gasteiger partial charge in [-0.05, 0) is 40.9 Å². The molecule has 2 aromatic heterocycles. The van der Waals surface area contributed by atoms with E-state index >= 15 is 0 Å². The van der Waals surface area contributed by atoms with E-state index in [9.17, 15) is 0 Å². The summed E-state index contributed by atoms with van der Waals surface area (Å²) in [5.41, 5.74) is 2.21. The second-order valence-corrected chi connectivity index (χ2v) is 5.71. The van der Waals surface area contributed by atoms with Gasteiger partial charge in [-0.25, -0.2) is 0 Å². The molecule has 0 spiro atoms. The fraction of sp³-hybridized carbons (Fsp3) is 0.545. The first kappa shape index (κ1) is 13.6. The minimum atomic E-state index is 0.237. The maximum Gasteiger partial charge on any atom is 0.0738 e. The molecule has 2 aromatic rings. The topological polar surface area (TPSA) is 55.6 Å². The zero-order valence-electron chi connectivity index (χ0n) is 10.6. The van der Waals surface area contributed by atoms with Crippen molar-refractivity contribution in [1.29, 1.82) is 0 Å². The van der Waals surface area contributed by atoms with Gasteiger partial charge in [0.05, 0.1) is 33.0 Å². The van der Waals surface area contributed by atoms with Crippen LogP contribution in [0.25, 0.3) is 0 Å². The molecule has 0 fully saturated rings. The Morgan fingerprint density at radius 1 is 1.56 bits per heavy atom. The molecule has 0 saturated carbocycles. The summed E-state index contributed by atoms with van der Waals surface area (Å²) in [5.74, 6) is 0. The third-order valence-electron chi connectivity index (χ3n) is 2.83. The number of hydrogen-bond donors (Lipinski definition) is 1. The first-order valence-corrected chi connectivity index (χ1v) is 7.38. The molecule has 1 N–H and O–H groups in total. The van der Waals surface area contributed by atoms with E-state index in [0.29, 0.717) is 0 Å². The summed E-state index contributed by atoms with van der Waals surface area (Å²) in [7, 11) is 1.97. The lowest BCUT2D eigenvalue weighted by molar-refractivity contribution is 0.534. The standard InChI is InChI=1S/C11H16BrN5S/c1-4-13-8(10-6-14-16-18-10)5-9-11(12)7(2)15-17(9)3/h6,8,13H,4-5H2,1-3H3. The van der Waals surface area contributed by atoms with Crippen LogP contribution in [0.1, 0.15) is 29.2 Å². The van der Waals surface area contributed by atoms with Gasteiger partial charge in [0.1, 0.15) is 0 Å². The minimum absolute atomic E-state index is 0.237. The fourth-order valence-electron chi connectivity index (χ4n) is 1.94. The quantitative estimate of drug-likeness (QED) is 0.913. The maximum atomic E-state index is 4.42. The van der Waals surface area contributed by atoms with Crippen molar-refractivity contribution in [2.24, 2.45) is 7.05 Å². The highest BCUT2D eigenvalue weighted by Gasteiger charge is 2.19. The van der Waals surface area contributed by atoms with E-state index in [-0.39, 0.29) is 6.04 Å². The summed E-state index contributed by atoms with van der Waals surface area (Å²) in [6.07, 6.45) is 2.70. The fourth-order valence-corrected chi connectivity index (χ4v) is 3.02. The molecule has 7 heteroatoms. The van der Waals surface area contributed by atoms with Crippen LogP contribution in [0.4, 0.5) is 0 Å². The van der Waals surface area contributed by atoms with Crippen LogP contribution in [0.15, 0.2) is 10.7 Å². The van der Waals surface area contributed by atoms with E-state index in [1.165, 1.54) is 17.2 Å². The van der Waals surface area contributed by atoms with Crippen molar-refractivity contribution >= 4 is 27.5 Å². The minimum Gasteiger partial charge on any atom is -0.309 e. The van der Waals surface area contributed by atoms with Crippen LogP contribution >= 0.6 is 27.5 Å². The van der Waals surface area contributed by atoms with Crippen molar-refractivity contribution in [3.63, 3.8) is 0 Å². The molecule has 0 bridgehead atoms. The normalized spacial score (nSPS) is 12.9. The highest BCUT2D eigenvalue weighted by molar-refractivity contribution is 9.10. The van der Waals surface area contributed by atoms with Crippen LogP contribution in [0.3, 0.4) is 0 Å². The van der Waals surface area contributed by atoms with Gasteiger partial charge in [0.15, 0.2) is 0 Å². The van der Waals surface area contributed by atoms with Crippen molar-refractivity contribution in [2.75, 3.05) is 6.54 Å². The Bertz CT molecular complexity index is 508. The molecule has 5 nitrogen and oxygen atoms in total. The molecule has 0 saturated heterocycles. The number of halogens is 1. The summed E-state index contributed by atoms with van der Waals surface area (Å²) >= 11 is 5.05. The second kappa shape index (κ2) is 5.90. The van der Waals surface area contributed by atoms with Crippen molar-refractivity contribution in [3.05, 3.63) is 26.9 Å². The van der Waals surface area contributed by atoms with Crippen LogP contribution in [0.2, 0.25) is 0 Å². The van der Waals surface area contributed by atoms with E-state index in [1.54, 1.807) is 0 Å². The van der Waals surface area contributed by atoms with E-state index in [0.717, 1.165) is 28.0 Å². The summed E-state index contributed by atoms with van der Waals surface area (Å²) < 4.78 is 6.95. The number of nitrogens with zero attached hydrogens (tertiary/aromatic N) is 4. The Morgan fingerprint density at radius 3 is 2.83 bits per heavy atom. The Balaban J connectivity index is 2.24. The SMILES string of the molecule is CCNC(Cc1c(Br)c(C)nn1C)c1cnns1. The maximum absolute atomic E-state index is 4.42. The number of hydrogen-bond acceptors (Lipinski definition) is 5. The van der Waals surface area contributed by atoms with E-state index in [4.69, 9.17) is 0 Å². The largest absolute Gasteiger partial charge is 0.309 e. The van der Waals surface area contributed by atoms with E-state index < -0.39 is 0 Å². The Hall–Kier alpha value is -0.790. The third-order valence-corrected chi connectivity index (χ3v) is 4.64. The first-order chi connectivity index (χ1) is 8.63. The predicted molar refractivity (Wildman–Crippen MR) is 75.7 cm³/mol. The molecule has 98 valence electrons. The van der Waals surface area contributed by atoms with Gasteiger partial charge >= 0.3 is 0 Å². The van der Waals surface area contributed by atoms with Gasteiger partial charge in [-0.15, -0.1) is 5.10 Å². The molecule has 0 aliphatic carbocycles. The molecule has 0 aromatic carbocycles. The molecule has 1 unspecified atom stereocenters. The predicted octanol–water partition coefficient (Wildman–Crippen LogP) is 2.24. The van der Waals surface area contributed by atoms with Crippen LogP contribution in [0, 0.1) is 6.92 Å². The average molecular weight is 330 g/mol. The lowest BCUT2D eigenvalue weighted by Gasteiger charge is -2.15. The van der Waals surface area contributed by atoms with Gasteiger partial charge < -0.3 is 5.32 Å². The zero-order valence-corrected chi connectivity index (χ0v) is 13.0. The Labute approximate surface area is 119 Å². The average Bonchev–Trinajstić information content (AvgIpc) is 2.93. The highest BCUT2D eigenvalue weighted by atomic mass is 79.9. The molecule has 2 heterocycles. The van der Waals surface area contributed by atoms with Crippen molar-refractivity contribution in [2.45, 2.75) is 26.3 Å². The monoisotopic (exact) mass is 329 g/mol. The van der Waals surface area contributed by atoms with Crippen molar-refractivity contribution in [1.82, 2.24) is 24.7 Å². The van der Waals surface area contributed by atoms with Gasteiger partial charge in [-0.1, -0.05) is 11.4 Å². The summed E-state index contributed by atoms with van der Waals surface area (Å²) in [6.45, 7) is 5.02. The molecular weight excluding hydrogens is 314 g/mol. The van der Waals surface area contributed by atoms with Gasteiger partial charge in [0.2, 0.25) is 0 Å². The van der Waals surface area contributed by atoms with Crippen LogP contribution in [-0.4, -0.2) is 25.9 Å². The summed E-state index contributed by atoms with van der Waals surface area (Å²) in [5, 5.41) is 11.8. The molecule has 0 radical (unpaired) electrons. The smallest absolute Gasteiger partial charge is 0.0738 e. The van der Waals surface area contributed by atoms with Crippen LogP contribution in [-0.2, 0) is 13.5 Å². The number of likely N-dealkylation sites (N-methyl/N-ethyl adjacent to an activating group) is 1. The first-order valence-electron chi connectivity index (χ1n) is 5.82. The number of rotatable bonds is 5. The number of aromatic nitrogens is 4. The Morgan fingerprint density at radius 2 is 2.33 bits per heavy atom. The highest BCUT2D eigenvalue weighted by Crippen LogP contribution is 2.26. The van der Waals surface area contributed by atoms with Gasteiger partial charge in [-0.2, -0.15) is 5.10 Å². The second-order valence-electron chi connectivity index (χ2n) is 4.10. The number of aryl methyl sites for hydroxylation is 2. The summed E-state index contributed by atoms with van der Waals surface area (Å²) in [4.78, 5) is 1.16. The van der Waals surface area contributed by atoms with Crippen molar-refractivity contribution < 1.29 is 0 Å². The zero-order chi connectivity index (χ0) is 13.1. The van der Waals surface area contributed by atoms with Gasteiger partial charge in [-0.3, -0.25) is 4.68 Å². The molecular formula is C11H16BrN5S. The summed E-state index contributed by atoms with van der Waals surface area (Å²) in [6, 6.07) is 0.237. The van der Waals surface area contributed by atoms with Gasteiger partial charge in [0, 0.05) is 13.5 Å². The van der Waals surface area contributed by atoms with Gasteiger partial charge in [0.25, 0.3) is 0 Å². The van der Waals surface area contributed by atoms with Crippen LogP contribution < -0.4 is 5.32 Å². The third kappa shape index (κ3) is 2.78.